The molecule has 0 unspecified atom stereocenters. The van der Waals surface area contributed by atoms with Gasteiger partial charge in [-0.3, -0.25) is 0 Å². The number of fused-ring (bicyclic) bond motifs is 1. The molecule has 1 fully saturated rings. The number of likely N-dealkylation sites (N-methyl/N-ethyl adjacent to an activating group) is 1. The lowest BCUT2D eigenvalue weighted by Crippen LogP contribution is -2.44. The predicted octanol–water partition coefficient (Wildman–Crippen LogP) is 0.849. The summed E-state index contributed by atoms with van der Waals surface area (Å²) in [6, 6.07) is 3.20. The maximum atomic E-state index is 13.9. The Hall–Kier alpha value is -1.69. The van der Waals surface area contributed by atoms with E-state index in [1.807, 2.05) is 0 Å². The van der Waals surface area contributed by atoms with E-state index in [9.17, 15) is 4.39 Å². The van der Waals surface area contributed by atoms with Gasteiger partial charge in [-0.05, 0) is 13.1 Å². The monoisotopic (exact) mass is 235 g/mol. The first kappa shape index (κ1) is 10.5. The van der Waals surface area contributed by atoms with Gasteiger partial charge in [0.25, 0.3) is 0 Å². The number of aromatic nitrogens is 3. The maximum absolute atomic E-state index is 13.9. The first-order valence-corrected chi connectivity index (χ1v) is 5.67. The molecule has 0 bridgehead atoms. The molecular weight excluding hydrogens is 221 g/mol. The van der Waals surface area contributed by atoms with Crippen LogP contribution in [0, 0.1) is 5.82 Å². The molecule has 0 aliphatic carbocycles. The predicted molar refractivity (Wildman–Crippen MR) is 63.6 cm³/mol. The van der Waals surface area contributed by atoms with Crippen LogP contribution in [0.3, 0.4) is 0 Å². The van der Waals surface area contributed by atoms with E-state index < -0.39 is 0 Å². The van der Waals surface area contributed by atoms with E-state index in [4.69, 9.17) is 0 Å². The van der Waals surface area contributed by atoms with Gasteiger partial charge in [-0.2, -0.15) is 15.4 Å². The van der Waals surface area contributed by atoms with E-state index in [-0.39, 0.29) is 5.82 Å². The van der Waals surface area contributed by atoms with Crippen LogP contribution in [-0.2, 0) is 0 Å². The zero-order valence-electron chi connectivity index (χ0n) is 9.65. The van der Waals surface area contributed by atoms with E-state index in [0.717, 1.165) is 26.2 Å². The lowest BCUT2D eigenvalue weighted by atomic mass is 10.2. The van der Waals surface area contributed by atoms with Crippen molar-refractivity contribution in [1.29, 1.82) is 0 Å². The molecule has 90 valence electrons. The molecule has 0 atom stereocenters. The summed E-state index contributed by atoms with van der Waals surface area (Å²) >= 11 is 0. The van der Waals surface area contributed by atoms with Crippen LogP contribution in [0.1, 0.15) is 0 Å². The molecule has 1 aromatic heterocycles. The average molecular weight is 235 g/mol. The van der Waals surface area contributed by atoms with Crippen LogP contribution in [0.25, 0.3) is 11.0 Å². The summed E-state index contributed by atoms with van der Waals surface area (Å²) in [7, 11) is 2.08. The molecule has 0 amide bonds. The highest BCUT2D eigenvalue weighted by Gasteiger charge is 2.18. The van der Waals surface area contributed by atoms with Crippen molar-refractivity contribution in [1.82, 2.24) is 20.3 Å². The fourth-order valence-corrected chi connectivity index (χ4v) is 2.14. The SMILES string of the molecule is CN1CCN(c2cc3n[nH]nc3cc2F)CC1. The van der Waals surface area contributed by atoms with Crippen molar-refractivity contribution >= 4 is 16.7 Å². The van der Waals surface area contributed by atoms with E-state index in [0.29, 0.717) is 16.7 Å². The maximum Gasteiger partial charge on any atom is 0.148 e. The number of rotatable bonds is 1. The molecule has 3 rings (SSSR count). The first-order chi connectivity index (χ1) is 8.24. The van der Waals surface area contributed by atoms with Gasteiger partial charge in [-0.15, -0.1) is 0 Å². The van der Waals surface area contributed by atoms with Gasteiger partial charge in [0.15, 0.2) is 0 Å². The Morgan fingerprint density at radius 3 is 2.47 bits per heavy atom. The standard InChI is InChI=1S/C11H14FN5/c1-16-2-4-17(5-3-16)11-7-10-9(6-8(11)12)13-15-14-10/h6-7H,2-5H2,1H3,(H,13,14,15). The number of nitrogens with one attached hydrogen (secondary N) is 1. The molecule has 6 heteroatoms. The first-order valence-electron chi connectivity index (χ1n) is 5.67. The van der Waals surface area contributed by atoms with Crippen LogP contribution in [0.5, 0.6) is 0 Å². The highest BCUT2D eigenvalue weighted by molar-refractivity contribution is 5.78. The van der Waals surface area contributed by atoms with Crippen molar-refractivity contribution in [2.75, 3.05) is 38.1 Å². The summed E-state index contributed by atoms with van der Waals surface area (Å²) in [5, 5.41) is 10.4. The third-order valence-electron chi connectivity index (χ3n) is 3.23. The molecule has 2 aromatic rings. The average Bonchev–Trinajstić information content (AvgIpc) is 2.76. The second-order valence-electron chi connectivity index (χ2n) is 4.41. The Morgan fingerprint density at radius 1 is 1.12 bits per heavy atom. The third-order valence-corrected chi connectivity index (χ3v) is 3.23. The van der Waals surface area contributed by atoms with Gasteiger partial charge in [0.2, 0.25) is 0 Å². The zero-order chi connectivity index (χ0) is 11.8. The molecule has 1 N–H and O–H groups in total. The fraction of sp³-hybridized carbons (Fsp3) is 0.455. The van der Waals surface area contributed by atoms with Crippen LogP contribution in [0.4, 0.5) is 10.1 Å². The number of piperazine rings is 1. The van der Waals surface area contributed by atoms with Crippen molar-refractivity contribution in [3.8, 4) is 0 Å². The van der Waals surface area contributed by atoms with Gasteiger partial charge in [-0.1, -0.05) is 0 Å². The number of anilines is 1. The topological polar surface area (TPSA) is 48.0 Å². The molecule has 2 heterocycles. The van der Waals surface area contributed by atoms with Crippen LogP contribution < -0.4 is 4.90 Å². The number of aromatic amines is 1. The van der Waals surface area contributed by atoms with Crippen molar-refractivity contribution in [2.45, 2.75) is 0 Å². The van der Waals surface area contributed by atoms with Crippen molar-refractivity contribution in [3.63, 3.8) is 0 Å². The van der Waals surface area contributed by atoms with E-state index in [2.05, 4.69) is 32.3 Å². The van der Waals surface area contributed by atoms with E-state index >= 15 is 0 Å². The molecular formula is C11H14FN5. The molecule has 1 aromatic carbocycles. The Kier molecular flexibility index (Phi) is 2.44. The molecule has 0 spiro atoms. The summed E-state index contributed by atoms with van der Waals surface area (Å²) in [6.07, 6.45) is 0. The van der Waals surface area contributed by atoms with Crippen LogP contribution in [-0.4, -0.2) is 53.5 Å². The molecule has 1 aliphatic rings. The van der Waals surface area contributed by atoms with Crippen LogP contribution in [0.2, 0.25) is 0 Å². The van der Waals surface area contributed by atoms with E-state index in [1.165, 1.54) is 6.07 Å². The number of H-pyrrole nitrogens is 1. The Labute approximate surface area is 98.2 Å². The normalized spacial score (nSPS) is 17.9. The second-order valence-corrected chi connectivity index (χ2v) is 4.41. The minimum absolute atomic E-state index is 0.226. The quantitative estimate of drug-likeness (QED) is 0.796. The minimum Gasteiger partial charge on any atom is -0.367 e. The summed E-state index contributed by atoms with van der Waals surface area (Å²) in [5.41, 5.74) is 1.90. The van der Waals surface area contributed by atoms with Gasteiger partial charge < -0.3 is 9.80 Å². The van der Waals surface area contributed by atoms with Crippen molar-refractivity contribution in [2.24, 2.45) is 0 Å². The van der Waals surface area contributed by atoms with Gasteiger partial charge >= 0.3 is 0 Å². The molecule has 1 aliphatic heterocycles. The van der Waals surface area contributed by atoms with Crippen molar-refractivity contribution in [3.05, 3.63) is 17.9 Å². The molecule has 1 saturated heterocycles. The summed E-state index contributed by atoms with van der Waals surface area (Å²) < 4.78 is 13.9. The Bertz CT molecular complexity index is 530. The largest absolute Gasteiger partial charge is 0.367 e. The van der Waals surface area contributed by atoms with E-state index in [1.54, 1.807) is 6.07 Å². The molecule has 5 nitrogen and oxygen atoms in total. The van der Waals surface area contributed by atoms with Crippen LogP contribution >= 0.6 is 0 Å². The number of hydrogen-bond acceptors (Lipinski definition) is 4. The highest BCUT2D eigenvalue weighted by atomic mass is 19.1. The fourth-order valence-electron chi connectivity index (χ4n) is 2.14. The van der Waals surface area contributed by atoms with Crippen molar-refractivity contribution < 1.29 is 4.39 Å². The summed E-state index contributed by atoms with van der Waals surface area (Å²) in [4.78, 5) is 4.30. The lowest BCUT2D eigenvalue weighted by molar-refractivity contribution is 0.312. The summed E-state index contributed by atoms with van der Waals surface area (Å²) in [6.45, 7) is 3.60. The number of benzene rings is 1. The van der Waals surface area contributed by atoms with Gasteiger partial charge in [0, 0.05) is 32.2 Å². The Morgan fingerprint density at radius 2 is 1.76 bits per heavy atom. The van der Waals surface area contributed by atoms with Crippen LogP contribution in [0.15, 0.2) is 12.1 Å². The zero-order valence-corrected chi connectivity index (χ0v) is 9.65. The number of nitrogens with zero attached hydrogens (tertiary/aromatic N) is 4. The second kappa shape index (κ2) is 3.96. The van der Waals surface area contributed by atoms with Gasteiger partial charge in [0.1, 0.15) is 16.9 Å². The number of halogens is 1. The smallest absolute Gasteiger partial charge is 0.148 e. The van der Waals surface area contributed by atoms with Gasteiger partial charge in [0.05, 0.1) is 5.69 Å². The Balaban J connectivity index is 1.96. The molecule has 0 radical (unpaired) electrons. The number of hydrogen-bond donors (Lipinski definition) is 1. The molecule has 0 saturated carbocycles. The molecule has 17 heavy (non-hydrogen) atoms. The summed E-state index contributed by atoms with van der Waals surface area (Å²) in [5.74, 6) is -0.226. The minimum atomic E-state index is -0.226. The third kappa shape index (κ3) is 1.84. The highest BCUT2D eigenvalue weighted by Crippen LogP contribution is 2.24. The lowest BCUT2D eigenvalue weighted by Gasteiger charge is -2.34. The van der Waals surface area contributed by atoms with Gasteiger partial charge in [-0.25, -0.2) is 4.39 Å².